The highest BCUT2D eigenvalue weighted by atomic mass is 16.3. The molecule has 0 aliphatic heterocycles. The van der Waals surface area contributed by atoms with Crippen molar-refractivity contribution in [1.82, 2.24) is 4.48 Å². The summed E-state index contributed by atoms with van der Waals surface area (Å²) >= 11 is 0. The van der Waals surface area contributed by atoms with Crippen molar-refractivity contribution in [3.05, 3.63) is 24.3 Å². The lowest BCUT2D eigenvalue weighted by Gasteiger charge is -2.22. The quantitative estimate of drug-likeness (QED) is 0.646. The van der Waals surface area contributed by atoms with Crippen LogP contribution in [0.4, 0.5) is 5.69 Å². The SMILES string of the molecule is C[N+](C)(C)c1ccc(O)cc1.[OH-]. The molecule has 3 nitrogen and oxygen atoms in total. The maximum Gasteiger partial charge on any atom is 0.132 e. The van der Waals surface area contributed by atoms with E-state index in [-0.39, 0.29) is 5.48 Å². The average Bonchev–Trinajstić information content (AvgIpc) is 1.86. The molecule has 0 heterocycles. The van der Waals surface area contributed by atoms with Gasteiger partial charge in [-0.3, -0.25) is 4.48 Å². The Hall–Kier alpha value is -1.06. The minimum atomic E-state index is 0. The van der Waals surface area contributed by atoms with Crippen LogP contribution in [0, 0.1) is 0 Å². The van der Waals surface area contributed by atoms with Crippen molar-refractivity contribution in [3.63, 3.8) is 0 Å². The maximum atomic E-state index is 9.02. The molecule has 3 heteroatoms. The number of hydrogen-bond donors (Lipinski definition) is 1. The smallest absolute Gasteiger partial charge is 0.132 e. The van der Waals surface area contributed by atoms with Gasteiger partial charge < -0.3 is 10.6 Å². The number of quaternary nitrogens is 1. The molecule has 0 unspecified atom stereocenters. The van der Waals surface area contributed by atoms with E-state index in [2.05, 4.69) is 21.1 Å². The van der Waals surface area contributed by atoms with E-state index in [0.717, 1.165) is 4.48 Å². The standard InChI is InChI=1S/C9H13NO.H2O/c1-10(2,3)8-4-6-9(11)7-5-8;/h4-7H,1-3H3;1H2. The van der Waals surface area contributed by atoms with Gasteiger partial charge >= 0.3 is 0 Å². The predicted octanol–water partition coefficient (Wildman–Crippen LogP) is 1.41. The lowest BCUT2D eigenvalue weighted by Crippen LogP contribution is -2.34. The van der Waals surface area contributed by atoms with Gasteiger partial charge in [-0.2, -0.15) is 0 Å². The van der Waals surface area contributed by atoms with Gasteiger partial charge in [-0.15, -0.1) is 0 Å². The van der Waals surface area contributed by atoms with Gasteiger partial charge in [-0.05, 0) is 12.1 Å². The summed E-state index contributed by atoms with van der Waals surface area (Å²) in [6.07, 6.45) is 0. The molecule has 0 atom stereocenters. The van der Waals surface area contributed by atoms with Gasteiger partial charge in [0.2, 0.25) is 0 Å². The summed E-state index contributed by atoms with van der Waals surface area (Å²) < 4.78 is 0.778. The molecule has 0 spiro atoms. The summed E-state index contributed by atoms with van der Waals surface area (Å²) in [6.45, 7) is 0. The van der Waals surface area contributed by atoms with Gasteiger partial charge in [0, 0.05) is 12.1 Å². The van der Waals surface area contributed by atoms with E-state index in [1.807, 2.05) is 12.1 Å². The second-order valence-corrected chi connectivity index (χ2v) is 3.53. The van der Waals surface area contributed by atoms with E-state index in [1.165, 1.54) is 5.69 Å². The largest absolute Gasteiger partial charge is 0.870 e. The number of hydrogen-bond acceptors (Lipinski definition) is 2. The van der Waals surface area contributed by atoms with E-state index in [9.17, 15) is 0 Å². The van der Waals surface area contributed by atoms with Crippen molar-refractivity contribution in [2.75, 3.05) is 21.1 Å². The van der Waals surface area contributed by atoms with Gasteiger partial charge in [-0.25, -0.2) is 0 Å². The first kappa shape index (κ1) is 10.9. The maximum absolute atomic E-state index is 9.02. The minimum Gasteiger partial charge on any atom is -0.870 e. The Morgan fingerprint density at radius 1 is 1.00 bits per heavy atom. The molecule has 0 bridgehead atoms. The van der Waals surface area contributed by atoms with Crippen LogP contribution in [0.1, 0.15) is 0 Å². The van der Waals surface area contributed by atoms with Gasteiger partial charge in [0.15, 0.2) is 0 Å². The molecule has 68 valence electrons. The fraction of sp³-hybridized carbons (Fsp3) is 0.333. The molecule has 0 saturated carbocycles. The Labute approximate surface area is 72.8 Å². The fourth-order valence-corrected chi connectivity index (χ4v) is 0.900. The first-order valence-electron chi connectivity index (χ1n) is 3.61. The Balaban J connectivity index is 0.00000121. The number of rotatable bonds is 1. The van der Waals surface area contributed by atoms with Crippen molar-refractivity contribution < 1.29 is 10.6 Å². The number of phenolic OH excluding ortho intramolecular Hbond substituents is 1. The molecule has 0 amide bonds. The van der Waals surface area contributed by atoms with Crippen molar-refractivity contribution in [2.24, 2.45) is 0 Å². The molecule has 1 aromatic rings. The zero-order valence-electron chi connectivity index (χ0n) is 7.65. The highest BCUT2D eigenvalue weighted by Crippen LogP contribution is 2.19. The van der Waals surface area contributed by atoms with E-state index in [4.69, 9.17) is 5.11 Å². The minimum absolute atomic E-state index is 0. The summed E-state index contributed by atoms with van der Waals surface area (Å²) in [6, 6.07) is 7.27. The third-order valence-electron chi connectivity index (χ3n) is 1.62. The second kappa shape index (κ2) is 3.56. The molecule has 1 rings (SSSR count). The van der Waals surface area contributed by atoms with E-state index < -0.39 is 0 Å². The predicted molar refractivity (Wildman–Crippen MR) is 49.6 cm³/mol. The Morgan fingerprint density at radius 2 is 1.42 bits per heavy atom. The van der Waals surface area contributed by atoms with E-state index in [0.29, 0.717) is 5.75 Å². The highest BCUT2D eigenvalue weighted by Gasteiger charge is 2.10. The van der Waals surface area contributed by atoms with E-state index >= 15 is 0 Å². The summed E-state index contributed by atoms with van der Waals surface area (Å²) in [5.74, 6) is 0.321. The van der Waals surface area contributed by atoms with Gasteiger partial charge in [-0.1, -0.05) is 0 Å². The molecule has 0 aliphatic rings. The summed E-state index contributed by atoms with van der Waals surface area (Å²) in [5.41, 5.74) is 1.18. The van der Waals surface area contributed by atoms with Crippen molar-refractivity contribution in [2.45, 2.75) is 0 Å². The molecule has 0 saturated heterocycles. The van der Waals surface area contributed by atoms with Crippen LogP contribution in [-0.4, -0.2) is 31.7 Å². The molecule has 1 aromatic carbocycles. The van der Waals surface area contributed by atoms with Gasteiger partial charge in [0.05, 0.1) is 21.1 Å². The van der Waals surface area contributed by atoms with Crippen LogP contribution >= 0.6 is 0 Å². The monoisotopic (exact) mass is 169 g/mol. The Bertz CT molecular complexity index is 236. The number of aromatic hydroxyl groups is 1. The zero-order valence-corrected chi connectivity index (χ0v) is 7.65. The molecule has 0 radical (unpaired) electrons. The second-order valence-electron chi connectivity index (χ2n) is 3.53. The molecular weight excluding hydrogens is 154 g/mol. The third-order valence-corrected chi connectivity index (χ3v) is 1.62. The zero-order chi connectivity index (χ0) is 8.48. The Kier molecular flexibility index (Phi) is 3.24. The fourth-order valence-electron chi connectivity index (χ4n) is 0.900. The van der Waals surface area contributed by atoms with Crippen molar-refractivity contribution in [1.29, 1.82) is 0 Å². The number of benzene rings is 1. The van der Waals surface area contributed by atoms with Crippen LogP contribution in [-0.2, 0) is 0 Å². The van der Waals surface area contributed by atoms with Crippen LogP contribution in [0.5, 0.6) is 5.75 Å². The summed E-state index contributed by atoms with van der Waals surface area (Å²) in [4.78, 5) is 0. The normalized spacial score (nSPS) is 10.6. The average molecular weight is 169 g/mol. The first-order chi connectivity index (χ1) is 5.00. The van der Waals surface area contributed by atoms with Crippen LogP contribution in [0.25, 0.3) is 0 Å². The molecule has 2 N–H and O–H groups in total. The molecule has 0 fully saturated rings. The van der Waals surface area contributed by atoms with Crippen LogP contribution in [0.2, 0.25) is 0 Å². The first-order valence-corrected chi connectivity index (χ1v) is 3.61. The summed E-state index contributed by atoms with van der Waals surface area (Å²) in [5, 5.41) is 9.02. The lowest BCUT2D eigenvalue weighted by atomic mass is 10.2. The van der Waals surface area contributed by atoms with Crippen LogP contribution in [0.15, 0.2) is 24.3 Å². The molecular formula is C9H15NO2. The van der Waals surface area contributed by atoms with Crippen molar-refractivity contribution in [3.8, 4) is 5.75 Å². The Morgan fingerprint density at radius 3 is 1.75 bits per heavy atom. The molecule has 0 aliphatic carbocycles. The lowest BCUT2D eigenvalue weighted by molar-refractivity contribution is 0.468. The number of phenols is 1. The molecule has 12 heavy (non-hydrogen) atoms. The third kappa shape index (κ3) is 2.53. The van der Waals surface area contributed by atoms with Gasteiger partial charge in [0.25, 0.3) is 0 Å². The van der Waals surface area contributed by atoms with Crippen LogP contribution in [0.3, 0.4) is 0 Å². The molecule has 0 aromatic heterocycles. The summed E-state index contributed by atoms with van der Waals surface area (Å²) in [7, 11) is 6.27. The van der Waals surface area contributed by atoms with E-state index in [1.54, 1.807) is 12.1 Å². The highest BCUT2D eigenvalue weighted by molar-refractivity contribution is 5.44. The van der Waals surface area contributed by atoms with Crippen LogP contribution < -0.4 is 4.48 Å². The topological polar surface area (TPSA) is 50.2 Å². The van der Waals surface area contributed by atoms with Gasteiger partial charge in [0.1, 0.15) is 11.4 Å². The number of nitrogens with zero attached hydrogens (tertiary/aromatic N) is 1. The van der Waals surface area contributed by atoms with Crippen molar-refractivity contribution >= 4 is 5.69 Å².